The number of hydrogen-bond donors (Lipinski definition) is 0. The summed E-state index contributed by atoms with van der Waals surface area (Å²) >= 11 is 12.7. The fraction of sp³-hybridized carbons (Fsp3) is 0.400. The minimum Gasteiger partial charge on any atom is -0.293 e. The molecule has 1 aromatic rings. The van der Waals surface area contributed by atoms with Gasteiger partial charge < -0.3 is 0 Å². The molecule has 1 amide bonds. The van der Waals surface area contributed by atoms with Gasteiger partial charge in [-0.05, 0) is 0 Å². The van der Waals surface area contributed by atoms with E-state index in [4.69, 9.17) is 23.2 Å². The average Bonchev–Trinajstić information content (AvgIpc) is 2.58. The molecule has 0 aromatic carbocycles. The average molecular weight is 306 g/mol. The second-order valence-electron chi connectivity index (χ2n) is 3.75. The molecule has 0 bridgehead atoms. The molecule has 1 unspecified atom stereocenters. The van der Waals surface area contributed by atoms with Crippen molar-refractivity contribution < 1.29 is 9.59 Å². The number of thioether (sulfide) groups is 1. The molecule has 5 nitrogen and oxygen atoms in total. The van der Waals surface area contributed by atoms with E-state index in [2.05, 4.69) is 9.97 Å². The molecule has 1 saturated heterocycles. The van der Waals surface area contributed by atoms with Crippen molar-refractivity contribution in [3.63, 3.8) is 0 Å². The molecule has 96 valence electrons. The van der Waals surface area contributed by atoms with Crippen molar-refractivity contribution in [2.24, 2.45) is 0 Å². The van der Waals surface area contributed by atoms with Crippen LogP contribution in [0.25, 0.3) is 0 Å². The van der Waals surface area contributed by atoms with Crippen LogP contribution in [0.4, 0.5) is 5.82 Å². The third-order valence-electron chi connectivity index (χ3n) is 2.36. The van der Waals surface area contributed by atoms with Crippen molar-refractivity contribution in [2.75, 3.05) is 11.4 Å². The van der Waals surface area contributed by atoms with Crippen molar-refractivity contribution in [1.29, 1.82) is 0 Å². The van der Waals surface area contributed by atoms with Gasteiger partial charge in [0.1, 0.15) is 5.15 Å². The van der Waals surface area contributed by atoms with Crippen LogP contribution < -0.4 is 4.90 Å². The maximum absolute atomic E-state index is 11.8. The minimum absolute atomic E-state index is 0.0112. The number of rotatable bonds is 2. The van der Waals surface area contributed by atoms with E-state index in [-0.39, 0.29) is 32.4 Å². The van der Waals surface area contributed by atoms with Crippen molar-refractivity contribution in [2.45, 2.75) is 18.6 Å². The fourth-order valence-corrected chi connectivity index (χ4v) is 3.05. The van der Waals surface area contributed by atoms with E-state index in [9.17, 15) is 9.59 Å². The summed E-state index contributed by atoms with van der Waals surface area (Å²) in [5.41, 5.74) is 0. The summed E-state index contributed by atoms with van der Waals surface area (Å²) in [6.07, 6.45) is 1.63. The summed E-state index contributed by atoms with van der Waals surface area (Å²) in [6, 6.07) is 0. The first kappa shape index (κ1) is 13.6. The van der Waals surface area contributed by atoms with Crippen LogP contribution in [0.2, 0.25) is 10.3 Å². The summed E-state index contributed by atoms with van der Waals surface area (Å²) in [6.45, 7) is 1.88. The molecule has 0 aliphatic carbocycles. The second-order valence-corrected chi connectivity index (χ2v) is 5.97. The predicted octanol–water partition coefficient (Wildman–Crippen LogP) is 2.17. The lowest BCUT2D eigenvalue weighted by atomic mass is 10.4. The molecule has 0 radical (unpaired) electrons. The van der Waals surface area contributed by atoms with Gasteiger partial charge in [-0.1, -0.05) is 35.0 Å². The highest BCUT2D eigenvalue weighted by Gasteiger charge is 2.34. The Kier molecular flexibility index (Phi) is 4.09. The Balaban J connectivity index is 2.19. The van der Waals surface area contributed by atoms with E-state index in [1.54, 1.807) is 0 Å². The van der Waals surface area contributed by atoms with Gasteiger partial charge in [-0.15, -0.1) is 0 Å². The van der Waals surface area contributed by atoms with Gasteiger partial charge in [0.15, 0.2) is 16.1 Å². The lowest BCUT2D eigenvalue weighted by Gasteiger charge is -2.15. The van der Waals surface area contributed by atoms with Gasteiger partial charge in [-0.2, -0.15) is 0 Å². The topological polar surface area (TPSA) is 63.2 Å². The predicted molar refractivity (Wildman–Crippen MR) is 71.1 cm³/mol. The third-order valence-corrected chi connectivity index (χ3v) is 3.78. The van der Waals surface area contributed by atoms with Gasteiger partial charge in [0.2, 0.25) is 5.91 Å². The molecule has 0 spiro atoms. The Hall–Kier alpha value is -0.850. The molecule has 8 heteroatoms. The maximum atomic E-state index is 11.8. The molecular weight excluding hydrogens is 297 g/mol. The van der Waals surface area contributed by atoms with E-state index in [0.717, 1.165) is 11.8 Å². The van der Waals surface area contributed by atoms with Crippen molar-refractivity contribution >= 4 is 51.8 Å². The summed E-state index contributed by atoms with van der Waals surface area (Å²) < 4.78 is 0. The Morgan fingerprint density at radius 1 is 1.56 bits per heavy atom. The number of halogens is 2. The largest absolute Gasteiger partial charge is 0.293 e. The van der Waals surface area contributed by atoms with Crippen LogP contribution in [0.5, 0.6) is 0 Å². The van der Waals surface area contributed by atoms with Crippen molar-refractivity contribution in [1.82, 2.24) is 9.97 Å². The highest BCUT2D eigenvalue weighted by molar-refractivity contribution is 8.14. The van der Waals surface area contributed by atoms with Crippen molar-refractivity contribution in [3.8, 4) is 0 Å². The maximum Gasteiger partial charge on any atom is 0.229 e. The molecule has 2 rings (SSSR count). The van der Waals surface area contributed by atoms with Crippen LogP contribution in [0.1, 0.15) is 13.3 Å². The first-order valence-corrected chi connectivity index (χ1v) is 6.76. The van der Waals surface area contributed by atoms with Crippen LogP contribution in [-0.4, -0.2) is 32.8 Å². The number of nitrogens with zero attached hydrogens (tertiary/aromatic N) is 3. The third kappa shape index (κ3) is 2.93. The highest BCUT2D eigenvalue weighted by atomic mass is 35.5. The zero-order valence-corrected chi connectivity index (χ0v) is 11.7. The molecule has 1 aromatic heterocycles. The van der Waals surface area contributed by atoms with E-state index in [0.29, 0.717) is 13.0 Å². The standard InChI is InChI=1S/C10H9Cl2N3O2S/c1-5(16)18-6-2-8(17)15(4-6)10-9(12)14-7(11)3-13-10/h3,6H,2,4H2,1H3. The first-order valence-electron chi connectivity index (χ1n) is 5.13. The number of aromatic nitrogens is 2. The minimum atomic E-state index is -0.118. The van der Waals surface area contributed by atoms with Gasteiger partial charge >= 0.3 is 0 Å². The SMILES string of the molecule is CC(=O)SC1CC(=O)N(c2ncc(Cl)nc2Cl)C1. The fourth-order valence-electron chi connectivity index (χ4n) is 1.71. The summed E-state index contributed by atoms with van der Waals surface area (Å²) in [5, 5.41) is 0.181. The van der Waals surface area contributed by atoms with Crippen LogP contribution >= 0.6 is 35.0 Å². The smallest absolute Gasteiger partial charge is 0.229 e. The Labute approximate surface area is 118 Å². The Morgan fingerprint density at radius 2 is 2.28 bits per heavy atom. The molecule has 0 N–H and O–H groups in total. The monoisotopic (exact) mass is 305 g/mol. The number of anilines is 1. The van der Waals surface area contributed by atoms with Crippen LogP contribution in [-0.2, 0) is 9.59 Å². The Bertz CT molecular complexity index is 512. The second kappa shape index (κ2) is 5.42. The normalized spacial score (nSPS) is 19.4. The number of carbonyl (C=O) groups is 2. The molecule has 0 saturated carbocycles. The molecule has 1 aliphatic rings. The zero-order chi connectivity index (χ0) is 13.3. The molecule has 2 heterocycles. The van der Waals surface area contributed by atoms with E-state index >= 15 is 0 Å². The van der Waals surface area contributed by atoms with Gasteiger partial charge in [0.05, 0.1) is 6.20 Å². The van der Waals surface area contributed by atoms with Crippen molar-refractivity contribution in [3.05, 3.63) is 16.5 Å². The number of amides is 1. The molecule has 1 fully saturated rings. The van der Waals surface area contributed by atoms with Crippen LogP contribution in [0, 0.1) is 0 Å². The number of hydrogen-bond acceptors (Lipinski definition) is 5. The van der Waals surface area contributed by atoms with E-state index in [1.807, 2.05) is 0 Å². The van der Waals surface area contributed by atoms with E-state index < -0.39 is 0 Å². The summed E-state index contributed by atoms with van der Waals surface area (Å²) in [5.74, 6) is 0.171. The summed E-state index contributed by atoms with van der Waals surface area (Å²) in [7, 11) is 0. The molecule has 1 aliphatic heterocycles. The quantitative estimate of drug-likeness (QED) is 0.838. The van der Waals surface area contributed by atoms with Gasteiger partial charge in [0, 0.05) is 25.1 Å². The lowest BCUT2D eigenvalue weighted by molar-refractivity contribution is -0.117. The lowest BCUT2D eigenvalue weighted by Crippen LogP contribution is -2.26. The van der Waals surface area contributed by atoms with Gasteiger partial charge in [0.25, 0.3) is 0 Å². The van der Waals surface area contributed by atoms with Crippen LogP contribution in [0.15, 0.2) is 6.20 Å². The van der Waals surface area contributed by atoms with E-state index in [1.165, 1.54) is 18.0 Å². The van der Waals surface area contributed by atoms with Crippen LogP contribution in [0.3, 0.4) is 0 Å². The van der Waals surface area contributed by atoms with Gasteiger partial charge in [-0.3, -0.25) is 14.5 Å². The Morgan fingerprint density at radius 3 is 2.89 bits per heavy atom. The molecular formula is C10H9Cl2N3O2S. The first-order chi connectivity index (χ1) is 8.47. The molecule has 1 atom stereocenters. The number of carbonyl (C=O) groups excluding carboxylic acids is 2. The molecule has 18 heavy (non-hydrogen) atoms. The summed E-state index contributed by atoms with van der Waals surface area (Å²) in [4.78, 5) is 32.2. The zero-order valence-electron chi connectivity index (χ0n) is 9.39. The van der Waals surface area contributed by atoms with Gasteiger partial charge in [-0.25, -0.2) is 9.97 Å². The highest BCUT2D eigenvalue weighted by Crippen LogP contribution is 2.31.